The summed E-state index contributed by atoms with van der Waals surface area (Å²) < 4.78 is 21.2. The molecule has 17 heteroatoms. The van der Waals surface area contributed by atoms with Gasteiger partial charge in [0.1, 0.15) is 0 Å². The maximum Gasteiger partial charge on any atom is 0.231 e. The summed E-state index contributed by atoms with van der Waals surface area (Å²) in [6, 6.07) is 60.8. The molecule has 8 aromatic carbocycles. The van der Waals surface area contributed by atoms with Crippen LogP contribution in [-0.4, -0.2) is 152 Å². The summed E-state index contributed by atoms with van der Waals surface area (Å²) in [5, 5.41) is 4.35. The number of morpholine rings is 3. The summed E-state index contributed by atoms with van der Waals surface area (Å²) in [5.74, 6) is 1.45. The number of thiophene rings is 1. The monoisotopic (exact) mass is 1460 g/mol. The Labute approximate surface area is 637 Å². The number of anilines is 4. The molecule has 1 amide bonds. The number of nitrogens with two attached hydrogens (primary N) is 3. The SMILES string of the molecule is C=CCc1cn(CCN2CCOCC2)c2ccc(C(=O)Cc3cc(-c4ccccc4)ccc3N)cc12.Nc1ccc(-c2ccccc2)cc1CC(=O)c1cc2c(c(C3CC3)c1)N(CCN1CCOCC1)C(=O)C2.Nc1ccc(-c2cccs2)cc1CC(=O)c1ccc2c(c1)cc(C1CC1)n2CCN1CCOCC1. The second-order valence-electron chi connectivity index (χ2n) is 29.5. The number of aromatic nitrogens is 2. The number of ketones is 3. The van der Waals surface area contributed by atoms with E-state index < -0.39 is 0 Å². The molecule has 5 fully saturated rings. The molecule has 17 rings (SSSR count). The van der Waals surface area contributed by atoms with Crippen LogP contribution in [0, 0.1) is 0 Å². The lowest BCUT2D eigenvalue weighted by Crippen LogP contribution is -2.42. The molecule has 3 saturated heterocycles. The Morgan fingerprint density at radius 1 is 0.472 bits per heavy atom. The number of carbonyl (C=O) groups is 4. The van der Waals surface area contributed by atoms with Crippen LogP contribution in [0.25, 0.3) is 54.5 Å². The highest BCUT2D eigenvalue weighted by Crippen LogP contribution is 2.49. The van der Waals surface area contributed by atoms with Gasteiger partial charge in [0.25, 0.3) is 0 Å². The van der Waals surface area contributed by atoms with Crippen molar-refractivity contribution in [3.05, 3.63) is 262 Å². The fourth-order valence-corrected chi connectivity index (χ4v) is 16.4. The summed E-state index contributed by atoms with van der Waals surface area (Å²) in [7, 11) is 0. The molecule has 0 atom stereocenters. The van der Waals surface area contributed by atoms with Gasteiger partial charge in [-0.15, -0.1) is 17.9 Å². The Morgan fingerprint density at radius 2 is 0.981 bits per heavy atom. The van der Waals surface area contributed by atoms with Crippen molar-refractivity contribution in [3.63, 3.8) is 0 Å². The predicted molar refractivity (Wildman–Crippen MR) is 437 cm³/mol. The van der Waals surface area contributed by atoms with Crippen molar-refractivity contribution in [1.82, 2.24) is 23.8 Å². The lowest BCUT2D eigenvalue weighted by atomic mass is 9.93. The van der Waals surface area contributed by atoms with Crippen LogP contribution < -0.4 is 22.1 Å². The number of hydrogen-bond acceptors (Lipinski definition) is 14. The van der Waals surface area contributed by atoms with E-state index in [0.717, 1.165) is 203 Å². The van der Waals surface area contributed by atoms with Crippen molar-refractivity contribution in [2.24, 2.45) is 0 Å². The first-order valence-electron chi connectivity index (χ1n) is 38.5. The van der Waals surface area contributed by atoms with E-state index in [-0.39, 0.29) is 36.1 Å². The van der Waals surface area contributed by atoms with Gasteiger partial charge in [0.05, 0.1) is 51.7 Å². The van der Waals surface area contributed by atoms with Gasteiger partial charge in [0, 0.05) is 170 Å². The third-order valence-electron chi connectivity index (χ3n) is 22.1. The fourth-order valence-electron chi connectivity index (χ4n) is 15.7. The van der Waals surface area contributed by atoms with Crippen molar-refractivity contribution in [1.29, 1.82) is 0 Å². The first-order valence-corrected chi connectivity index (χ1v) is 39.4. The Kier molecular flexibility index (Phi) is 23.1. The summed E-state index contributed by atoms with van der Waals surface area (Å²) in [6.45, 7) is 19.9. The van der Waals surface area contributed by atoms with E-state index in [2.05, 4.69) is 109 Å². The summed E-state index contributed by atoms with van der Waals surface area (Å²) >= 11 is 1.69. The van der Waals surface area contributed by atoms with E-state index in [1.54, 1.807) is 11.3 Å². The first-order chi connectivity index (χ1) is 52.8. The number of allylic oxidation sites excluding steroid dienone is 1. The van der Waals surface area contributed by atoms with Gasteiger partial charge in [0.15, 0.2) is 17.3 Å². The Bertz CT molecular complexity index is 5040. The highest BCUT2D eigenvalue weighted by Gasteiger charge is 2.37. The van der Waals surface area contributed by atoms with E-state index in [1.807, 2.05) is 126 Å². The van der Waals surface area contributed by atoms with Gasteiger partial charge in [-0.25, -0.2) is 0 Å². The standard InChI is InChI=1S/C31H33N3O3.C31H33N3O2.C29H31N3O2S/c32-28-9-8-23(21-4-2-1-3-5-21)16-24(28)19-29(35)25-17-26-20-30(36)34(11-10-33-12-14-37-15-13-33)31(26)27(18-25)22-6-7-22;1-2-6-26-22-34(14-13-33-15-17-36-18-16-33)30-12-10-25(20-28(26)30)31(35)21-27-19-24(9-11-29(27)32)23-7-4-3-5-8-23;30-25-7-5-22(29-2-1-15-35-29)17-23(25)19-28(33)21-6-8-26-24(16-21)18-27(20-3-4-20)32(26)10-9-31-11-13-34-14-12-31/h1-5,8-9,16-18,22H,6-7,10-15,19-20,32H2;2-5,7-12,19-20,22H,1,6,13-18,21,32H2;1-2,5-8,15-18,20H,3-4,9-14,19,30H2. The maximum atomic E-state index is 13.5. The number of Topliss-reactive ketones (excluding diaryl/α,β-unsaturated/α-hetero) is 3. The molecule has 108 heavy (non-hydrogen) atoms. The molecule has 6 N–H and O–H groups in total. The zero-order valence-electron chi connectivity index (χ0n) is 61.7. The summed E-state index contributed by atoms with van der Waals surface area (Å²) in [4.78, 5) is 63.7. The molecule has 2 saturated carbocycles. The Morgan fingerprint density at radius 3 is 1.52 bits per heavy atom. The molecule has 0 radical (unpaired) electrons. The van der Waals surface area contributed by atoms with Crippen LogP contribution in [0.2, 0.25) is 0 Å². The molecule has 0 spiro atoms. The van der Waals surface area contributed by atoms with Crippen molar-refractivity contribution in [2.75, 3.05) is 127 Å². The molecule has 4 aliphatic heterocycles. The van der Waals surface area contributed by atoms with Crippen LogP contribution in [0.5, 0.6) is 0 Å². The normalized spacial score (nSPS) is 16.2. The second kappa shape index (κ2) is 34.0. The molecule has 0 bridgehead atoms. The number of nitrogen functional groups attached to an aromatic ring is 3. The van der Waals surface area contributed by atoms with Gasteiger partial charge in [0.2, 0.25) is 5.91 Å². The third kappa shape index (κ3) is 17.5. The predicted octanol–water partition coefficient (Wildman–Crippen LogP) is 15.4. The number of carbonyl (C=O) groups excluding carboxylic acids is 4. The minimum Gasteiger partial charge on any atom is -0.398 e. The van der Waals surface area contributed by atoms with Crippen LogP contribution in [0.4, 0.5) is 22.7 Å². The van der Waals surface area contributed by atoms with Crippen LogP contribution in [0.15, 0.2) is 206 Å². The van der Waals surface area contributed by atoms with Crippen molar-refractivity contribution >= 4 is 79.1 Å². The van der Waals surface area contributed by atoms with Gasteiger partial charge >= 0.3 is 0 Å². The van der Waals surface area contributed by atoms with Crippen molar-refractivity contribution < 1.29 is 33.4 Å². The van der Waals surface area contributed by atoms with Gasteiger partial charge in [-0.1, -0.05) is 91.0 Å². The first kappa shape index (κ1) is 73.4. The molecule has 2 aliphatic carbocycles. The van der Waals surface area contributed by atoms with E-state index in [4.69, 9.17) is 31.4 Å². The molecule has 0 unspecified atom stereocenters. The van der Waals surface area contributed by atoms with E-state index in [1.165, 1.54) is 45.4 Å². The number of hydrogen-bond donors (Lipinski definition) is 3. The summed E-state index contributed by atoms with van der Waals surface area (Å²) in [6.07, 6.45) is 10.8. The lowest BCUT2D eigenvalue weighted by Gasteiger charge is -2.29. The molecule has 6 aliphatic rings. The molecule has 16 nitrogen and oxygen atoms in total. The Balaban J connectivity index is 0.000000129. The van der Waals surface area contributed by atoms with Gasteiger partial charge in [-0.2, -0.15) is 0 Å². The number of rotatable bonds is 25. The van der Waals surface area contributed by atoms with Gasteiger partial charge in [-0.05, 0) is 208 Å². The third-order valence-corrected chi connectivity index (χ3v) is 23.0. The fraction of sp³-hybridized carbons (Fsp3) is 0.319. The van der Waals surface area contributed by atoms with Crippen molar-refractivity contribution in [3.8, 4) is 32.7 Å². The second-order valence-corrected chi connectivity index (χ2v) is 30.5. The number of amides is 1. The molecular weight excluding hydrogens is 1360 g/mol. The zero-order chi connectivity index (χ0) is 74.0. The molecule has 554 valence electrons. The van der Waals surface area contributed by atoms with E-state index in [0.29, 0.717) is 59.4 Å². The zero-order valence-corrected chi connectivity index (χ0v) is 62.5. The lowest BCUT2D eigenvalue weighted by molar-refractivity contribution is -0.117. The van der Waals surface area contributed by atoms with Crippen LogP contribution in [0.1, 0.15) is 108 Å². The van der Waals surface area contributed by atoms with E-state index >= 15 is 0 Å². The Hall–Kier alpha value is -10.1. The van der Waals surface area contributed by atoms with Crippen molar-refractivity contribution in [2.45, 2.75) is 82.7 Å². The number of benzene rings is 8. The minimum atomic E-state index is 0.0424. The minimum absolute atomic E-state index is 0.0424. The largest absolute Gasteiger partial charge is 0.398 e. The summed E-state index contributed by atoms with van der Waals surface area (Å²) in [5.41, 5.74) is 39.1. The highest BCUT2D eigenvalue weighted by atomic mass is 32.1. The van der Waals surface area contributed by atoms with Crippen LogP contribution in [0.3, 0.4) is 0 Å². The van der Waals surface area contributed by atoms with Gasteiger partial charge in [-0.3, -0.25) is 33.9 Å². The quantitative estimate of drug-likeness (QED) is 0.0278. The average Bonchev–Trinajstić information content (AvgIpc) is 1.61. The van der Waals surface area contributed by atoms with Crippen LogP contribution in [-0.2, 0) is 64.2 Å². The highest BCUT2D eigenvalue weighted by molar-refractivity contribution is 7.13. The number of ether oxygens (including phenoxy) is 3. The smallest absolute Gasteiger partial charge is 0.231 e. The topological polar surface area (TPSA) is 197 Å². The van der Waals surface area contributed by atoms with E-state index in [9.17, 15) is 19.2 Å². The number of fused-ring (bicyclic) bond motifs is 3. The maximum absolute atomic E-state index is 13.5. The molecule has 11 aromatic rings. The molecule has 3 aromatic heterocycles. The number of nitrogens with zero attached hydrogens (tertiary/aromatic N) is 6. The van der Waals surface area contributed by atoms with Gasteiger partial charge < -0.3 is 45.4 Å². The van der Waals surface area contributed by atoms with Crippen LogP contribution >= 0.6 is 11.3 Å². The average molecular weight is 1460 g/mol. The molecular formula is C91H97N9O7S. The molecule has 7 heterocycles.